The zero-order valence-corrected chi connectivity index (χ0v) is 13.9. The summed E-state index contributed by atoms with van der Waals surface area (Å²) in [6.45, 7) is 0.656. The second-order valence-corrected chi connectivity index (χ2v) is 5.03. The number of carbonyl (C=O) groups excluding carboxylic acids is 1. The quantitative estimate of drug-likeness (QED) is 0.433. The normalized spacial score (nSPS) is 10.0. The van der Waals surface area contributed by atoms with Crippen LogP contribution in [0.2, 0.25) is 0 Å². The van der Waals surface area contributed by atoms with Crippen LogP contribution in [0.1, 0.15) is 10.4 Å². The average molecular weight is 345 g/mol. The largest absolute Gasteiger partial charge is 0.493 e. The highest BCUT2D eigenvalue weighted by Crippen LogP contribution is 2.27. The fourth-order valence-corrected chi connectivity index (χ4v) is 2.24. The molecular weight excluding hydrogens is 326 g/mol. The van der Waals surface area contributed by atoms with Gasteiger partial charge in [0.15, 0.2) is 11.5 Å². The van der Waals surface area contributed by atoms with Gasteiger partial charge in [-0.3, -0.25) is 14.9 Å². The number of hydrogen-bond donors (Lipinski definition) is 2. The molecule has 0 heterocycles. The average Bonchev–Trinajstić information content (AvgIpc) is 2.64. The highest BCUT2D eigenvalue weighted by Gasteiger charge is 2.12. The number of carbonyl (C=O) groups is 1. The molecule has 2 aromatic carbocycles. The molecule has 0 saturated heterocycles. The zero-order valence-electron chi connectivity index (χ0n) is 13.9. The molecule has 0 aliphatic carbocycles. The van der Waals surface area contributed by atoms with Gasteiger partial charge in [-0.2, -0.15) is 0 Å². The molecular formula is C17H19N3O5. The van der Waals surface area contributed by atoms with Gasteiger partial charge in [0, 0.05) is 24.7 Å². The molecule has 2 N–H and O–H groups in total. The van der Waals surface area contributed by atoms with Crippen molar-refractivity contribution in [1.82, 2.24) is 5.32 Å². The third-order valence-electron chi connectivity index (χ3n) is 3.47. The lowest BCUT2D eigenvalue weighted by Gasteiger charge is -2.11. The van der Waals surface area contributed by atoms with Crippen molar-refractivity contribution < 1.29 is 19.2 Å². The Morgan fingerprint density at radius 2 is 1.80 bits per heavy atom. The number of para-hydroxylation sites is 2. The first-order valence-corrected chi connectivity index (χ1v) is 7.54. The minimum Gasteiger partial charge on any atom is -0.493 e. The molecule has 2 rings (SSSR count). The van der Waals surface area contributed by atoms with Gasteiger partial charge in [-0.05, 0) is 24.3 Å². The van der Waals surface area contributed by atoms with Crippen LogP contribution in [-0.4, -0.2) is 38.1 Å². The highest BCUT2D eigenvalue weighted by molar-refractivity contribution is 5.94. The minimum absolute atomic E-state index is 0.00582. The zero-order chi connectivity index (χ0) is 18.2. The van der Waals surface area contributed by atoms with Crippen LogP contribution in [0.25, 0.3) is 0 Å². The van der Waals surface area contributed by atoms with Crippen molar-refractivity contribution in [1.29, 1.82) is 0 Å². The second-order valence-electron chi connectivity index (χ2n) is 5.03. The first kappa shape index (κ1) is 18.1. The fraction of sp³-hybridized carbons (Fsp3) is 0.235. The van der Waals surface area contributed by atoms with E-state index >= 15 is 0 Å². The molecule has 2 aromatic rings. The van der Waals surface area contributed by atoms with Gasteiger partial charge in [0.2, 0.25) is 0 Å². The number of nitro benzene ring substituents is 1. The van der Waals surface area contributed by atoms with Crippen LogP contribution in [0.3, 0.4) is 0 Å². The minimum atomic E-state index is -0.454. The number of nitrogens with zero attached hydrogens (tertiary/aromatic N) is 1. The maximum absolute atomic E-state index is 12.2. The van der Waals surface area contributed by atoms with Crippen LogP contribution in [0.15, 0.2) is 42.5 Å². The summed E-state index contributed by atoms with van der Waals surface area (Å²) in [5.41, 5.74) is 0.838. The summed E-state index contributed by atoms with van der Waals surface area (Å²) in [4.78, 5) is 22.6. The molecule has 8 nitrogen and oxygen atoms in total. The SMILES string of the molecule is COc1ccc(C(=O)NCCNc2ccccc2[N+](=O)[O-])cc1OC. The Morgan fingerprint density at radius 3 is 2.48 bits per heavy atom. The van der Waals surface area contributed by atoms with Gasteiger partial charge in [-0.25, -0.2) is 0 Å². The van der Waals surface area contributed by atoms with Crippen molar-refractivity contribution in [3.8, 4) is 11.5 Å². The Hall–Kier alpha value is -3.29. The van der Waals surface area contributed by atoms with Crippen LogP contribution in [0.4, 0.5) is 11.4 Å². The van der Waals surface area contributed by atoms with Crippen molar-refractivity contribution in [2.45, 2.75) is 0 Å². The number of rotatable bonds is 8. The molecule has 132 valence electrons. The van der Waals surface area contributed by atoms with E-state index in [-0.39, 0.29) is 11.6 Å². The molecule has 0 aromatic heterocycles. The maximum atomic E-state index is 12.2. The van der Waals surface area contributed by atoms with Crippen molar-refractivity contribution in [3.63, 3.8) is 0 Å². The van der Waals surface area contributed by atoms with Gasteiger partial charge >= 0.3 is 0 Å². The van der Waals surface area contributed by atoms with E-state index in [4.69, 9.17) is 9.47 Å². The Morgan fingerprint density at radius 1 is 1.08 bits per heavy atom. The predicted molar refractivity (Wildman–Crippen MR) is 93.5 cm³/mol. The Kier molecular flexibility index (Phi) is 6.16. The number of amides is 1. The monoisotopic (exact) mass is 345 g/mol. The number of nitro groups is 1. The van der Waals surface area contributed by atoms with Crippen LogP contribution < -0.4 is 20.1 Å². The summed E-state index contributed by atoms with van der Waals surface area (Å²) < 4.78 is 10.3. The molecule has 0 aliphatic heterocycles. The summed E-state index contributed by atoms with van der Waals surface area (Å²) in [6.07, 6.45) is 0. The van der Waals surface area contributed by atoms with Crippen LogP contribution >= 0.6 is 0 Å². The molecule has 25 heavy (non-hydrogen) atoms. The molecule has 0 saturated carbocycles. The van der Waals surface area contributed by atoms with Crippen LogP contribution in [0.5, 0.6) is 11.5 Å². The summed E-state index contributed by atoms with van der Waals surface area (Å²) >= 11 is 0. The van der Waals surface area contributed by atoms with E-state index in [1.54, 1.807) is 36.4 Å². The maximum Gasteiger partial charge on any atom is 0.292 e. The lowest BCUT2D eigenvalue weighted by atomic mass is 10.2. The van der Waals surface area contributed by atoms with E-state index in [0.717, 1.165) is 0 Å². The van der Waals surface area contributed by atoms with Crippen molar-refractivity contribution in [3.05, 3.63) is 58.1 Å². The number of benzene rings is 2. The van der Waals surface area contributed by atoms with Gasteiger partial charge in [0.25, 0.3) is 11.6 Å². The smallest absolute Gasteiger partial charge is 0.292 e. The molecule has 0 bridgehead atoms. The Labute approximate surface area is 144 Å². The van der Waals surface area contributed by atoms with Crippen LogP contribution in [0, 0.1) is 10.1 Å². The van der Waals surface area contributed by atoms with Crippen molar-refractivity contribution in [2.75, 3.05) is 32.6 Å². The standard InChI is InChI=1S/C17H19N3O5/c1-24-15-8-7-12(11-16(15)25-2)17(21)19-10-9-18-13-5-3-4-6-14(13)20(22)23/h3-8,11,18H,9-10H2,1-2H3,(H,19,21). The molecule has 0 aliphatic rings. The van der Waals surface area contributed by atoms with Crippen molar-refractivity contribution >= 4 is 17.3 Å². The summed E-state index contributed by atoms with van der Waals surface area (Å²) in [7, 11) is 3.02. The predicted octanol–water partition coefficient (Wildman–Crippen LogP) is 2.45. The molecule has 8 heteroatoms. The first-order chi connectivity index (χ1) is 12.1. The van der Waals surface area contributed by atoms with E-state index < -0.39 is 4.92 Å². The summed E-state index contributed by atoms with van der Waals surface area (Å²) in [5.74, 6) is 0.732. The number of anilines is 1. The third-order valence-corrected chi connectivity index (χ3v) is 3.47. The molecule has 0 atom stereocenters. The molecule has 0 fully saturated rings. The van der Waals surface area contributed by atoms with Gasteiger partial charge in [0.05, 0.1) is 19.1 Å². The number of ether oxygens (including phenoxy) is 2. The lowest BCUT2D eigenvalue weighted by Crippen LogP contribution is -2.28. The Balaban J connectivity index is 1.90. The topological polar surface area (TPSA) is 103 Å². The van der Waals surface area contributed by atoms with Crippen LogP contribution in [-0.2, 0) is 0 Å². The number of hydrogen-bond acceptors (Lipinski definition) is 6. The highest BCUT2D eigenvalue weighted by atomic mass is 16.6. The summed E-state index contributed by atoms with van der Waals surface area (Å²) in [5, 5.41) is 16.6. The third kappa shape index (κ3) is 4.60. The molecule has 0 spiro atoms. The van der Waals surface area contributed by atoms with E-state index in [2.05, 4.69) is 10.6 Å². The lowest BCUT2D eigenvalue weighted by molar-refractivity contribution is -0.384. The van der Waals surface area contributed by atoms with E-state index in [1.807, 2.05) is 0 Å². The molecule has 1 amide bonds. The van der Waals surface area contributed by atoms with Crippen molar-refractivity contribution in [2.24, 2.45) is 0 Å². The van der Waals surface area contributed by atoms with E-state index in [0.29, 0.717) is 35.8 Å². The van der Waals surface area contributed by atoms with E-state index in [9.17, 15) is 14.9 Å². The number of methoxy groups -OCH3 is 2. The van der Waals surface area contributed by atoms with E-state index in [1.165, 1.54) is 20.3 Å². The fourth-order valence-electron chi connectivity index (χ4n) is 2.24. The molecule has 0 radical (unpaired) electrons. The second kappa shape index (κ2) is 8.53. The van der Waals surface area contributed by atoms with Gasteiger partial charge in [-0.1, -0.05) is 12.1 Å². The number of nitrogens with one attached hydrogen (secondary N) is 2. The first-order valence-electron chi connectivity index (χ1n) is 7.54. The molecule has 0 unspecified atom stereocenters. The van der Waals surface area contributed by atoms with Gasteiger partial charge in [-0.15, -0.1) is 0 Å². The Bertz CT molecular complexity index is 764. The van der Waals surface area contributed by atoms with Gasteiger partial charge < -0.3 is 20.1 Å². The summed E-state index contributed by atoms with van der Waals surface area (Å²) in [6, 6.07) is 11.2. The van der Waals surface area contributed by atoms with Gasteiger partial charge in [0.1, 0.15) is 5.69 Å².